The summed E-state index contributed by atoms with van der Waals surface area (Å²) in [6.07, 6.45) is -1.09. The molecule has 0 aliphatic carbocycles. The fourth-order valence-corrected chi connectivity index (χ4v) is 15.1. The molecule has 1 aromatic rings. The van der Waals surface area contributed by atoms with Crippen LogP contribution in [0.4, 0.5) is 0 Å². The van der Waals surface area contributed by atoms with E-state index in [1.54, 1.807) is 17.0 Å². The van der Waals surface area contributed by atoms with Gasteiger partial charge >= 0.3 is 11.9 Å². The second kappa shape index (κ2) is 49.8. The molecule has 606 valence electrons. The average Bonchev–Trinajstić information content (AvgIpc) is 0.817. The molecule has 4 heterocycles. The zero-order valence-electron chi connectivity index (χ0n) is 65.6. The van der Waals surface area contributed by atoms with Gasteiger partial charge in [-0.1, -0.05) is 48.5 Å². The molecule has 106 heavy (non-hydrogen) atoms. The molecular weight excluding hydrogens is 1400 g/mol. The summed E-state index contributed by atoms with van der Waals surface area (Å²) >= 11 is 0. The lowest BCUT2D eigenvalue weighted by Crippen LogP contribution is -2.62. The van der Waals surface area contributed by atoms with E-state index in [1.165, 1.54) is 34.6 Å². The Morgan fingerprint density at radius 3 is 1.24 bits per heavy atom. The largest absolute Gasteiger partial charge is 0.487 e. The summed E-state index contributed by atoms with van der Waals surface area (Å²) in [6.45, 7) is 33.0. The van der Waals surface area contributed by atoms with E-state index >= 15 is 0 Å². The number of carbonyl (C=O) groups is 6. The van der Waals surface area contributed by atoms with Gasteiger partial charge in [0.05, 0.1) is 149 Å². The minimum absolute atomic E-state index is 0.00414. The number of hydrogen-bond acceptors (Lipinski definition) is 27. The highest BCUT2D eigenvalue weighted by Gasteiger charge is 2.48. The maximum absolute atomic E-state index is 14.8. The normalized spacial score (nSPS) is 25.9. The standard InChI is InChI=1S/C74H125N6O25P/c1-17-60-49(8)50(9)65(76-53(12)81)72(102-60)96-42-36-90-30-27-87-33-39-93-63-45-58(71(86)79-24-21-59(22-25-79)105-106(99-26-20-23-75)80(47(4)5)48(6)7)46-64(94-40-34-88-28-31-91-37-43-97-73-66(77-54(13)82)68(100-56(15)84)51(10)61(18-2)103-73)70(63)95-41-35-89-29-32-92-38-44-98-74-67(78-55(14)83)69(101-57(16)85)52(11)62(19-3)104-74/h45-52,59-62,65-69,72-74H,17-22,24-44H2,1-16H3,(H,76,81)(H,77,82)(H,78,83)/t49-,50+,51+,52+,60-,61-,62-,65-,66-,67-,68+,69+,72-,73-,74-,106?/m1/s1. The average molecular weight is 1530 g/mol. The lowest BCUT2D eigenvalue weighted by atomic mass is 9.81. The van der Waals surface area contributed by atoms with Gasteiger partial charge in [0, 0.05) is 77.2 Å². The van der Waals surface area contributed by atoms with Gasteiger partial charge in [-0.3, -0.25) is 28.8 Å². The minimum Gasteiger partial charge on any atom is -0.487 e. The predicted molar refractivity (Wildman–Crippen MR) is 388 cm³/mol. The molecule has 4 amide bonds. The number of nitriles is 1. The number of nitrogens with one attached hydrogen (secondary N) is 3. The first-order valence-electron chi connectivity index (χ1n) is 37.9. The topological polar surface area (TPSA) is 344 Å². The molecule has 16 atom stereocenters. The van der Waals surface area contributed by atoms with E-state index in [0.717, 1.165) is 6.42 Å². The third kappa shape index (κ3) is 30.9. The van der Waals surface area contributed by atoms with Crippen LogP contribution in [0.15, 0.2) is 12.1 Å². The summed E-state index contributed by atoms with van der Waals surface area (Å²) in [5.74, 6) is -1.44. The number of ether oxygens (including phenoxy) is 17. The Hall–Kier alpha value is -5.24. The molecule has 0 aromatic heterocycles. The van der Waals surface area contributed by atoms with Crippen molar-refractivity contribution in [1.29, 1.82) is 5.26 Å². The van der Waals surface area contributed by atoms with E-state index in [1.807, 2.05) is 27.7 Å². The SMILES string of the molecule is CC[C@H]1O[C@@H](OCCOCCOCCOc2cc(C(=O)N3CCC(OP(OCCC#N)N(C(C)C)C(C)C)CC3)cc(OCCOCCOCCO[C@@H]3O[C@H](CC)[C@H](C)[C@H](OC(C)=O)[C@H]3NC(C)=O)c2OCCOCCOCCO[C@@H]2O[C@H](CC)[C@H](C)[C@H](OC(C)=O)[C@H]2NC(C)=O)[C@H](NC(C)=O)[C@@H](C)[C@H]1C. The number of carbonyl (C=O) groups excluding carboxylic acids is 6. The van der Waals surface area contributed by atoms with Crippen LogP contribution in [0.3, 0.4) is 0 Å². The van der Waals surface area contributed by atoms with Crippen LogP contribution in [-0.4, -0.2) is 269 Å². The molecule has 4 aliphatic heterocycles. The van der Waals surface area contributed by atoms with Crippen molar-refractivity contribution < 1.29 is 118 Å². The Bertz CT molecular complexity index is 2780. The van der Waals surface area contributed by atoms with Gasteiger partial charge in [-0.2, -0.15) is 5.26 Å². The number of nitrogens with zero attached hydrogens (tertiary/aromatic N) is 3. The fourth-order valence-electron chi connectivity index (χ4n) is 13.3. The van der Waals surface area contributed by atoms with Gasteiger partial charge in [0.1, 0.15) is 44.1 Å². The van der Waals surface area contributed by atoms with Crippen molar-refractivity contribution in [3.05, 3.63) is 17.7 Å². The van der Waals surface area contributed by atoms with Crippen molar-refractivity contribution in [2.24, 2.45) is 23.7 Å². The number of piperidine rings is 1. The van der Waals surface area contributed by atoms with Gasteiger partial charge in [0.15, 0.2) is 30.4 Å². The van der Waals surface area contributed by atoms with E-state index in [0.29, 0.717) is 38.8 Å². The highest BCUT2D eigenvalue weighted by molar-refractivity contribution is 7.44. The number of hydrogen-bond donors (Lipinski definition) is 3. The van der Waals surface area contributed by atoms with Crippen molar-refractivity contribution >= 4 is 44.1 Å². The van der Waals surface area contributed by atoms with E-state index in [4.69, 9.17) is 89.6 Å². The maximum Gasteiger partial charge on any atom is 0.302 e. The fraction of sp³-hybridized carbons (Fsp3) is 0.824. The van der Waals surface area contributed by atoms with Crippen LogP contribution in [0.5, 0.6) is 17.2 Å². The van der Waals surface area contributed by atoms with Crippen molar-refractivity contribution in [1.82, 2.24) is 25.5 Å². The summed E-state index contributed by atoms with van der Waals surface area (Å²) in [7, 11) is -1.50. The smallest absolute Gasteiger partial charge is 0.302 e. The molecule has 5 rings (SSSR count). The second-order valence-corrected chi connectivity index (χ2v) is 28.8. The third-order valence-electron chi connectivity index (χ3n) is 18.6. The Morgan fingerprint density at radius 2 is 0.868 bits per heavy atom. The Kier molecular flexibility index (Phi) is 42.9. The molecule has 4 saturated heterocycles. The summed E-state index contributed by atoms with van der Waals surface area (Å²) in [5, 5.41) is 18.0. The second-order valence-electron chi connectivity index (χ2n) is 27.4. The molecule has 0 spiro atoms. The Labute approximate surface area is 629 Å². The Balaban J connectivity index is 1.26. The van der Waals surface area contributed by atoms with E-state index in [-0.39, 0.29) is 245 Å². The number of amides is 4. The van der Waals surface area contributed by atoms with Crippen LogP contribution < -0.4 is 30.2 Å². The van der Waals surface area contributed by atoms with Crippen molar-refractivity contribution in [2.75, 3.05) is 139 Å². The zero-order chi connectivity index (χ0) is 77.7. The van der Waals surface area contributed by atoms with Gasteiger partial charge in [-0.15, -0.1) is 0 Å². The lowest BCUT2D eigenvalue weighted by Gasteiger charge is -2.44. The number of rotatable bonds is 50. The van der Waals surface area contributed by atoms with E-state index in [9.17, 15) is 34.0 Å². The van der Waals surface area contributed by atoms with E-state index < -0.39 is 63.6 Å². The van der Waals surface area contributed by atoms with Crippen LogP contribution in [0.25, 0.3) is 0 Å². The summed E-state index contributed by atoms with van der Waals surface area (Å²) in [6, 6.07) is 3.87. The molecule has 0 bridgehead atoms. The quantitative estimate of drug-likeness (QED) is 0.0330. The molecule has 32 heteroatoms. The van der Waals surface area contributed by atoms with Gasteiger partial charge in [0.25, 0.3) is 14.4 Å². The molecule has 4 aliphatic rings. The lowest BCUT2D eigenvalue weighted by molar-refractivity contribution is -0.256. The first-order chi connectivity index (χ1) is 50.8. The van der Waals surface area contributed by atoms with Gasteiger partial charge in [-0.05, 0) is 83.8 Å². The first kappa shape index (κ1) is 91.4. The highest BCUT2D eigenvalue weighted by Crippen LogP contribution is 2.49. The van der Waals surface area contributed by atoms with Crippen molar-refractivity contribution in [3.63, 3.8) is 0 Å². The molecule has 1 unspecified atom stereocenters. The van der Waals surface area contributed by atoms with Gasteiger partial charge in [-0.25, -0.2) is 4.67 Å². The molecule has 31 nitrogen and oxygen atoms in total. The molecule has 0 saturated carbocycles. The van der Waals surface area contributed by atoms with Gasteiger partial charge in [0.2, 0.25) is 23.5 Å². The summed E-state index contributed by atoms with van der Waals surface area (Å²) in [4.78, 5) is 77.4. The van der Waals surface area contributed by atoms with Gasteiger partial charge < -0.3 is 110 Å². The van der Waals surface area contributed by atoms with Crippen LogP contribution in [0.2, 0.25) is 0 Å². The van der Waals surface area contributed by atoms with Crippen molar-refractivity contribution in [3.8, 4) is 23.3 Å². The third-order valence-corrected chi connectivity index (χ3v) is 20.8. The summed E-state index contributed by atoms with van der Waals surface area (Å²) in [5.41, 5.74) is 0.277. The molecule has 3 N–H and O–H groups in total. The molecule has 0 radical (unpaired) electrons. The van der Waals surface area contributed by atoms with Crippen LogP contribution >= 0.6 is 8.53 Å². The number of likely N-dealkylation sites (tertiary alicyclic amines) is 1. The number of esters is 2. The highest BCUT2D eigenvalue weighted by atomic mass is 31.2. The minimum atomic E-state index is -1.50. The van der Waals surface area contributed by atoms with Crippen LogP contribution in [0, 0.1) is 35.0 Å². The van der Waals surface area contributed by atoms with Crippen LogP contribution in [-0.2, 0) is 99.3 Å². The predicted octanol–water partition coefficient (Wildman–Crippen LogP) is 7.20. The van der Waals surface area contributed by atoms with Crippen molar-refractivity contribution in [2.45, 2.75) is 235 Å². The van der Waals surface area contributed by atoms with E-state index in [2.05, 4.69) is 75.2 Å². The van der Waals surface area contributed by atoms with Crippen LogP contribution in [0.1, 0.15) is 160 Å². The first-order valence-corrected chi connectivity index (χ1v) is 39.0. The number of benzene rings is 1. The zero-order valence-corrected chi connectivity index (χ0v) is 66.5. The Morgan fingerprint density at radius 1 is 0.509 bits per heavy atom. The molecule has 1 aromatic carbocycles. The molecule has 4 fully saturated rings. The monoisotopic (exact) mass is 1530 g/mol. The maximum atomic E-state index is 14.8. The summed E-state index contributed by atoms with van der Waals surface area (Å²) < 4.78 is 118. The molecular formula is C74H125N6O25P.